The van der Waals surface area contributed by atoms with E-state index in [9.17, 15) is 10.2 Å². The number of aliphatic hydroxyl groups excluding tert-OH is 1. The Balaban J connectivity index is 3.04. The lowest BCUT2D eigenvalue weighted by Crippen LogP contribution is -2.34. The van der Waals surface area contributed by atoms with Crippen LogP contribution in [0.4, 0.5) is 0 Å². The highest BCUT2D eigenvalue weighted by Gasteiger charge is 2.33. The zero-order valence-corrected chi connectivity index (χ0v) is 10.9. The summed E-state index contributed by atoms with van der Waals surface area (Å²) in [6.45, 7) is 3.68. The minimum atomic E-state index is -1.11. The number of halogens is 2. The van der Waals surface area contributed by atoms with E-state index in [0.29, 0.717) is 28.5 Å². The third-order valence-corrected chi connectivity index (χ3v) is 3.73. The van der Waals surface area contributed by atoms with Crippen molar-refractivity contribution in [2.45, 2.75) is 38.4 Å². The van der Waals surface area contributed by atoms with E-state index in [0.717, 1.165) is 0 Å². The zero-order valence-electron chi connectivity index (χ0n) is 9.37. The first-order valence-corrected chi connectivity index (χ1v) is 6.05. The third-order valence-electron chi connectivity index (χ3n) is 2.99. The van der Waals surface area contributed by atoms with Crippen LogP contribution >= 0.6 is 23.2 Å². The Morgan fingerprint density at radius 1 is 1.19 bits per heavy atom. The molecule has 1 rings (SSSR count). The van der Waals surface area contributed by atoms with Crippen molar-refractivity contribution in [3.05, 3.63) is 33.8 Å². The van der Waals surface area contributed by atoms with E-state index in [4.69, 9.17) is 23.2 Å². The Kier molecular flexibility index (Phi) is 4.62. The van der Waals surface area contributed by atoms with Crippen LogP contribution in [0.15, 0.2) is 18.2 Å². The maximum absolute atomic E-state index is 10.2. The van der Waals surface area contributed by atoms with Crippen LogP contribution in [0.3, 0.4) is 0 Å². The van der Waals surface area contributed by atoms with Crippen molar-refractivity contribution in [1.29, 1.82) is 0 Å². The summed E-state index contributed by atoms with van der Waals surface area (Å²) in [6, 6.07) is 4.88. The summed E-state index contributed by atoms with van der Waals surface area (Å²) in [6.07, 6.45) is 0.00722. The number of hydrogen-bond acceptors (Lipinski definition) is 2. The third kappa shape index (κ3) is 2.69. The van der Waals surface area contributed by atoms with Crippen molar-refractivity contribution in [1.82, 2.24) is 0 Å². The van der Waals surface area contributed by atoms with Crippen molar-refractivity contribution in [2.24, 2.45) is 0 Å². The van der Waals surface area contributed by atoms with Gasteiger partial charge in [-0.3, -0.25) is 0 Å². The maximum atomic E-state index is 10.2. The second kappa shape index (κ2) is 5.37. The predicted molar refractivity (Wildman–Crippen MR) is 67.0 cm³/mol. The number of benzene rings is 1. The van der Waals surface area contributed by atoms with Gasteiger partial charge >= 0.3 is 0 Å². The molecule has 2 nitrogen and oxygen atoms in total. The molecule has 1 unspecified atom stereocenters. The molecule has 1 aromatic carbocycles. The normalized spacial score (nSPS) is 13.9. The van der Waals surface area contributed by atoms with Crippen LogP contribution in [0.25, 0.3) is 0 Å². The molecule has 0 aliphatic carbocycles. The minimum Gasteiger partial charge on any atom is -0.387 e. The van der Waals surface area contributed by atoms with Crippen molar-refractivity contribution >= 4 is 23.2 Å². The molecule has 1 aromatic rings. The molecule has 2 N–H and O–H groups in total. The Morgan fingerprint density at radius 2 is 1.75 bits per heavy atom. The molecular weight excluding hydrogens is 247 g/mol. The average molecular weight is 263 g/mol. The summed E-state index contributed by atoms with van der Waals surface area (Å²) in [5, 5.41) is 21.1. The highest BCUT2D eigenvalue weighted by molar-refractivity contribution is 6.42. The topological polar surface area (TPSA) is 40.5 Å². The highest BCUT2D eigenvalue weighted by atomic mass is 35.5. The van der Waals surface area contributed by atoms with Crippen molar-refractivity contribution < 1.29 is 10.2 Å². The first-order chi connectivity index (χ1) is 7.44. The van der Waals surface area contributed by atoms with Crippen LogP contribution in [-0.4, -0.2) is 15.8 Å². The summed E-state index contributed by atoms with van der Waals surface area (Å²) in [7, 11) is 0. The van der Waals surface area contributed by atoms with E-state index in [1.165, 1.54) is 0 Å². The van der Waals surface area contributed by atoms with E-state index in [1.54, 1.807) is 18.2 Å². The van der Waals surface area contributed by atoms with E-state index in [-0.39, 0.29) is 0 Å². The van der Waals surface area contributed by atoms with Crippen LogP contribution in [0.2, 0.25) is 10.0 Å². The second-order valence-electron chi connectivity index (χ2n) is 3.89. The fourth-order valence-corrected chi connectivity index (χ4v) is 1.94. The molecule has 0 heterocycles. The van der Waals surface area contributed by atoms with Crippen LogP contribution < -0.4 is 0 Å². The maximum Gasteiger partial charge on any atom is 0.108 e. The van der Waals surface area contributed by atoms with Gasteiger partial charge in [0.25, 0.3) is 0 Å². The second-order valence-corrected chi connectivity index (χ2v) is 4.70. The SMILES string of the molecule is CCC(O)(CC)C(O)c1ccc(Cl)c(Cl)c1. The van der Waals surface area contributed by atoms with E-state index in [1.807, 2.05) is 13.8 Å². The largest absolute Gasteiger partial charge is 0.387 e. The molecule has 16 heavy (non-hydrogen) atoms. The monoisotopic (exact) mass is 262 g/mol. The molecule has 0 aromatic heterocycles. The van der Waals surface area contributed by atoms with E-state index < -0.39 is 11.7 Å². The van der Waals surface area contributed by atoms with Gasteiger partial charge in [-0.2, -0.15) is 0 Å². The Hall–Kier alpha value is -0.280. The molecule has 0 bridgehead atoms. The molecule has 0 saturated carbocycles. The van der Waals surface area contributed by atoms with Gasteiger partial charge in [0.1, 0.15) is 6.10 Å². The molecule has 0 radical (unpaired) electrons. The van der Waals surface area contributed by atoms with Crippen LogP contribution in [0.5, 0.6) is 0 Å². The van der Waals surface area contributed by atoms with E-state index >= 15 is 0 Å². The van der Waals surface area contributed by atoms with Gasteiger partial charge in [0.2, 0.25) is 0 Å². The molecule has 0 amide bonds. The quantitative estimate of drug-likeness (QED) is 0.871. The van der Waals surface area contributed by atoms with Crippen molar-refractivity contribution in [3.63, 3.8) is 0 Å². The summed E-state index contributed by atoms with van der Waals surface area (Å²) < 4.78 is 0. The van der Waals surface area contributed by atoms with Crippen LogP contribution in [-0.2, 0) is 0 Å². The Morgan fingerprint density at radius 3 is 2.19 bits per heavy atom. The summed E-state index contributed by atoms with van der Waals surface area (Å²) in [5.41, 5.74) is -0.530. The molecule has 0 spiro atoms. The van der Waals surface area contributed by atoms with Gasteiger partial charge in [-0.25, -0.2) is 0 Å². The summed E-state index contributed by atoms with van der Waals surface area (Å²) in [4.78, 5) is 0. The molecule has 0 aliphatic rings. The van der Waals surface area contributed by atoms with Crippen molar-refractivity contribution in [2.75, 3.05) is 0 Å². The molecular formula is C12H16Cl2O2. The molecule has 90 valence electrons. The predicted octanol–water partition coefficient (Wildman–Crippen LogP) is 3.58. The fourth-order valence-electron chi connectivity index (χ4n) is 1.63. The molecule has 4 heteroatoms. The zero-order chi connectivity index (χ0) is 12.3. The molecule has 0 fully saturated rings. The highest BCUT2D eigenvalue weighted by Crippen LogP contribution is 2.34. The van der Waals surface area contributed by atoms with Gasteiger partial charge in [-0.15, -0.1) is 0 Å². The minimum absolute atomic E-state index is 0.382. The lowest BCUT2D eigenvalue weighted by Gasteiger charge is -2.31. The van der Waals surface area contributed by atoms with Crippen molar-refractivity contribution in [3.8, 4) is 0 Å². The number of aliphatic hydroxyl groups is 2. The van der Waals surface area contributed by atoms with Crippen LogP contribution in [0, 0.1) is 0 Å². The first-order valence-electron chi connectivity index (χ1n) is 5.30. The fraction of sp³-hybridized carbons (Fsp3) is 0.500. The molecule has 0 aliphatic heterocycles. The van der Waals surface area contributed by atoms with Gasteiger partial charge in [-0.1, -0.05) is 43.1 Å². The van der Waals surface area contributed by atoms with E-state index in [2.05, 4.69) is 0 Å². The first kappa shape index (κ1) is 13.8. The lowest BCUT2D eigenvalue weighted by atomic mass is 9.86. The summed E-state index contributed by atoms with van der Waals surface area (Å²) >= 11 is 11.7. The number of hydrogen-bond donors (Lipinski definition) is 2. The van der Waals surface area contributed by atoms with Gasteiger partial charge in [0, 0.05) is 0 Å². The van der Waals surface area contributed by atoms with Gasteiger partial charge in [-0.05, 0) is 30.5 Å². The smallest absolute Gasteiger partial charge is 0.108 e. The number of rotatable bonds is 4. The molecule has 0 saturated heterocycles. The lowest BCUT2D eigenvalue weighted by molar-refractivity contribution is -0.0820. The van der Waals surface area contributed by atoms with Crippen LogP contribution in [0.1, 0.15) is 38.4 Å². The average Bonchev–Trinajstić information content (AvgIpc) is 2.30. The molecule has 1 atom stereocenters. The van der Waals surface area contributed by atoms with Gasteiger partial charge in [0.05, 0.1) is 15.6 Å². The summed E-state index contributed by atoms with van der Waals surface area (Å²) in [5.74, 6) is 0. The van der Waals surface area contributed by atoms with Gasteiger partial charge in [0.15, 0.2) is 0 Å². The Labute approximate surface area is 106 Å². The standard InChI is InChI=1S/C12H16Cl2O2/c1-3-12(16,4-2)11(15)8-5-6-9(13)10(14)7-8/h5-7,11,15-16H,3-4H2,1-2H3. The Bertz CT molecular complexity index is 362. The van der Waals surface area contributed by atoms with Gasteiger partial charge < -0.3 is 10.2 Å².